The van der Waals surface area contributed by atoms with Gasteiger partial charge in [0, 0.05) is 12.7 Å². The molecule has 1 saturated carbocycles. The van der Waals surface area contributed by atoms with Crippen molar-refractivity contribution in [3.8, 4) is 6.07 Å². The van der Waals surface area contributed by atoms with E-state index < -0.39 is 5.54 Å². The zero-order valence-corrected chi connectivity index (χ0v) is 18.1. The van der Waals surface area contributed by atoms with E-state index in [9.17, 15) is 10.1 Å². The van der Waals surface area contributed by atoms with E-state index in [1.807, 2.05) is 38.1 Å². The fourth-order valence-corrected chi connectivity index (χ4v) is 5.51. The summed E-state index contributed by atoms with van der Waals surface area (Å²) < 4.78 is 0.735. The summed E-state index contributed by atoms with van der Waals surface area (Å²) in [6.07, 6.45) is 4.64. The molecule has 1 fully saturated rings. The number of thioether (sulfide) groups is 1. The molecule has 1 aliphatic carbocycles. The average Bonchev–Trinajstić information content (AvgIpc) is 3.14. The lowest BCUT2D eigenvalue weighted by Gasteiger charge is -2.39. The number of nitrogens with one attached hydrogen (secondary N) is 1. The van der Waals surface area contributed by atoms with E-state index in [-0.39, 0.29) is 11.2 Å². The number of benzene rings is 1. The van der Waals surface area contributed by atoms with Gasteiger partial charge in [-0.15, -0.1) is 10.2 Å². The van der Waals surface area contributed by atoms with Crippen molar-refractivity contribution in [1.29, 1.82) is 5.26 Å². The maximum absolute atomic E-state index is 12.9. The Hall–Kier alpha value is -2.11. The van der Waals surface area contributed by atoms with Crippen molar-refractivity contribution in [2.24, 2.45) is 0 Å². The Labute approximate surface area is 174 Å². The van der Waals surface area contributed by atoms with Gasteiger partial charge < -0.3 is 10.2 Å². The van der Waals surface area contributed by atoms with Gasteiger partial charge in [-0.05, 0) is 44.4 Å². The van der Waals surface area contributed by atoms with Gasteiger partial charge in [0.05, 0.1) is 11.3 Å². The third kappa shape index (κ3) is 4.65. The van der Waals surface area contributed by atoms with Crippen LogP contribution < -0.4 is 5.32 Å². The Morgan fingerprint density at radius 2 is 2.11 bits per heavy atom. The summed E-state index contributed by atoms with van der Waals surface area (Å²) in [4.78, 5) is 14.6. The molecule has 1 atom stereocenters. The van der Waals surface area contributed by atoms with Crippen molar-refractivity contribution < 1.29 is 4.79 Å². The van der Waals surface area contributed by atoms with Crippen LogP contribution in [-0.2, 0) is 4.79 Å². The summed E-state index contributed by atoms with van der Waals surface area (Å²) in [6.45, 7) is 3.91. The highest BCUT2D eigenvalue weighted by molar-refractivity contribution is 8.02. The van der Waals surface area contributed by atoms with Gasteiger partial charge in [-0.25, -0.2) is 0 Å². The lowest BCUT2D eigenvalue weighted by Crippen LogP contribution is -2.52. The number of hydrogen-bond acceptors (Lipinski definition) is 7. The number of nitriles is 1. The number of aromatic nitrogens is 2. The molecule has 1 aliphatic rings. The Kier molecular flexibility index (Phi) is 6.57. The van der Waals surface area contributed by atoms with E-state index in [1.54, 1.807) is 11.9 Å². The van der Waals surface area contributed by atoms with Crippen LogP contribution in [0.4, 0.5) is 10.8 Å². The molecule has 28 heavy (non-hydrogen) atoms. The number of anilines is 2. The smallest absolute Gasteiger partial charge is 0.236 e. The first kappa shape index (κ1) is 20.6. The molecule has 6 nitrogen and oxygen atoms in total. The quantitative estimate of drug-likeness (QED) is 0.685. The normalized spacial score (nSPS) is 16.8. The van der Waals surface area contributed by atoms with Gasteiger partial charge in [-0.2, -0.15) is 5.26 Å². The molecule has 1 N–H and O–H groups in total. The van der Waals surface area contributed by atoms with Crippen molar-refractivity contribution in [3.05, 3.63) is 29.8 Å². The minimum atomic E-state index is -0.664. The van der Waals surface area contributed by atoms with Crippen molar-refractivity contribution in [2.75, 3.05) is 12.4 Å². The number of aryl methyl sites for hydroxylation is 1. The van der Waals surface area contributed by atoms with Crippen LogP contribution in [0.2, 0.25) is 0 Å². The molecule has 0 unspecified atom stereocenters. The third-order valence-corrected chi connectivity index (χ3v) is 7.17. The second-order valence-electron chi connectivity index (χ2n) is 7.23. The van der Waals surface area contributed by atoms with Gasteiger partial charge in [0.1, 0.15) is 5.54 Å². The predicted molar refractivity (Wildman–Crippen MR) is 114 cm³/mol. The number of amides is 1. The first-order valence-corrected chi connectivity index (χ1v) is 11.2. The number of carbonyl (C=O) groups is 1. The van der Waals surface area contributed by atoms with E-state index in [4.69, 9.17) is 0 Å². The molecule has 0 saturated heterocycles. The number of carbonyl (C=O) groups excluding carboxylic acids is 1. The highest BCUT2D eigenvalue weighted by Crippen LogP contribution is 2.35. The standard InChI is InChI=1S/C20H25N5OS2/c1-14-8-7-9-16(12-14)22-18-23-24-19(28-18)27-15(2)17(26)25(3)20(13-21)10-5-4-6-11-20/h7-9,12,15H,4-6,10-11H2,1-3H3,(H,22,23)/t15-/m0/s1. The largest absolute Gasteiger partial charge is 0.330 e. The topological polar surface area (TPSA) is 81.9 Å². The molecule has 0 spiro atoms. The SMILES string of the molecule is Cc1cccc(Nc2nnc(S[C@@H](C)C(=O)N(C)C3(C#N)CCCCC3)s2)c1. The average molecular weight is 416 g/mol. The zero-order chi connectivity index (χ0) is 20.1. The molecule has 148 valence electrons. The van der Waals surface area contributed by atoms with Gasteiger partial charge in [-0.1, -0.05) is 54.5 Å². The van der Waals surface area contributed by atoms with Crippen LogP contribution >= 0.6 is 23.1 Å². The molecule has 2 aromatic rings. The monoisotopic (exact) mass is 415 g/mol. The molecule has 1 amide bonds. The summed E-state index contributed by atoms with van der Waals surface area (Å²) in [7, 11) is 1.76. The first-order chi connectivity index (χ1) is 13.4. The molecule has 0 aliphatic heterocycles. The van der Waals surface area contributed by atoms with Crippen LogP contribution in [0, 0.1) is 18.3 Å². The zero-order valence-electron chi connectivity index (χ0n) is 16.4. The molecule has 0 radical (unpaired) electrons. The molecule has 1 aromatic heterocycles. The lowest BCUT2D eigenvalue weighted by atomic mass is 9.81. The number of rotatable bonds is 6. The minimum absolute atomic E-state index is 0.0307. The van der Waals surface area contributed by atoms with Crippen molar-refractivity contribution in [2.45, 2.75) is 61.1 Å². The maximum atomic E-state index is 12.9. The molecular formula is C20H25N5OS2. The van der Waals surface area contributed by atoms with E-state index in [0.29, 0.717) is 5.13 Å². The molecule has 0 bridgehead atoms. The van der Waals surface area contributed by atoms with Gasteiger partial charge in [0.15, 0.2) is 4.34 Å². The fourth-order valence-electron chi connectivity index (χ4n) is 3.50. The third-order valence-electron chi connectivity index (χ3n) is 5.16. The van der Waals surface area contributed by atoms with Crippen molar-refractivity contribution in [3.63, 3.8) is 0 Å². The van der Waals surface area contributed by atoms with E-state index in [0.717, 1.165) is 42.1 Å². The van der Waals surface area contributed by atoms with Crippen LogP contribution in [0.25, 0.3) is 0 Å². The van der Waals surface area contributed by atoms with Gasteiger partial charge in [0.2, 0.25) is 11.0 Å². The maximum Gasteiger partial charge on any atom is 0.236 e. The summed E-state index contributed by atoms with van der Waals surface area (Å²) in [5, 5.41) is 21.7. The summed E-state index contributed by atoms with van der Waals surface area (Å²) in [5.41, 5.74) is 1.47. The summed E-state index contributed by atoms with van der Waals surface area (Å²) in [6, 6.07) is 10.5. The van der Waals surface area contributed by atoms with Crippen LogP contribution in [0.3, 0.4) is 0 Å². The number of nitrogens with zero attached hydrogens (tertiary/aromatic N) is 4. The lowest BCUT2D eigenvalue weighted by molar-refractivity contribution is -0.133. The molecule has 1 aromatic carbocycles. The van der Waals surface area contributed by atoms with Gasteiger partial charge in [0.25, 0.3) is 0 Å². The Morgan fingerprint density at radius 1 is 1.36 bits per heavy atom. The first-order valence-electron chi connectivity index (χ1n) is 9.46. The molecule has 3 rings (SSSR count). The van der Waals surface area contributed by atoms with Gasteiger partial charge >= 0.3 is 0 Å². The second kappa shape index (κ2) is 8.93. The Morgan fingerprint density at radius 3 is 2.79 bits per heavy atom. The van der Waals surface area contributed by atoms with E-state index in [1.165, 1.54) is 28.7 Å². The predicted octanol–water partition coefficient (Wildman–Crippen LogP) is 4.76. The fraction of sp³-hybridized carbons (Fsp3) is 0.500. The van der Waals surface area contributed by atoms with Crippen molar-refractivity contribution in [1.82, 2.24) is 15.1 Å². The highest BCUT2D eigenvalue weighted by Gasteiger charge is 2.40. The molecular weight excluding hydrogens is 390 g/mol. The Bertz CT molecular complexity index is 869. The van der Waals surface area contributed by atoms with Gasteiger partial charge in [-0.3, -0.25) is 4.79 Å². The van der Waals surface area contributed by atoms with E-state index in [2.05, 4.69) is 21.6 Å². The second-order valence-corrected chi connectivity index (χ2v) is 9.79. The highest BCUT2D eigenvalue weighted by atomic mass is 32.2. The van der Waals surface area contributed by atoms with Crippen LogP contribution in [-0.4, -0.2) is 38.8 Å². The van der Waals surface area contributed by atoms with Crippen LogP contribution in [0.1, 0.15) is 44.6 Å². The summed E-state index contributed by atoms with van der Waals surface area (Å²) >= 11 is 2.82. The van der Waals surface area contributed by atoms with Crippen LogP contribution in [0.5, 0.6) is 0 Å². The molecule has 8 heteroatoms. The summed E-state index contributed by atoms with van der Waals surface area (Å²) in [5.74, 6) is -0.0307. The Balaban J connectivity index is 1.63. The van der Waals surface area contributed by atoms with E-state index >= 15 is 0 Å². The number of hydrogen-bond donors (Lipinski definition) is 1. The molecule has 1 heterocycles. The van der Waals surface area contributed by atoms with Crippen molar-refractivity contribution >= 4 is 39.8 Å². The van der Waals surface area contributed by atoms with Crippen LogP contribution in [0.15, 0.2) is 28.6 Å². The minimum Gasteiger partial charge on any atom is -0.330 e.